The molecule has 0 saturated carbocycles. The Bertz CT molecular complexity index is 1290. The number of hydrogen-bond donors (Lipinski definition) is 2. The summed E-state index contributed by atoms with van der Waals surface area (Å²) in [7, 11) is 0. The molecule has 0 spiro atoms. The Balaban J connectivity index is 1.63. The van der Waals surface area contributed by atoms with Gasteiger partial charge in [-0.1, -0.05) is 42.5 Å². The molecule has 156 valence electrons. The van der Waals surface area contributed by atoms with Crippen LogP contribution in [0.4, 0.5) is 18.0 Å². The van der Waals surface area contributed by atoms with Gasteiger partial charge in [-0.2, -0.15) is 13.2 Å². The minimum Gasteiger partial charge on any atom is -0.449 e. The van der Waals surface area contributed by atoms with E-state index in [0.29, 0.717) is 22.4 Å². The minimum atomic E-state index is -4.64. The van der Waals surface area contributed by atoms with E-state index in [2.05, 4.69) is 14.7 Å². The van der Waals surface area contributed by atoms with Crippen LogP contribution >= 0.6 is 0 Å². The van der Waals surface area contributed by atoms with Crippen molar-refractivity contribution in [3.63, 3.8) is 0 Å². The van der Waals surface area contributed by atoms with E-state index in [1.807, 2.05) is 0 Å². The molecule has 4 aromatic rings. The number of carbonyl (C=O) groups is 2. The normalized spacial score (nSPS) is 11.5. The minimum absolute atomic E-state index is 0.105. The second-order valence-corrected chi connectivity index (χ2v) is 6.58. The van der Waals surface area contributed by atoms with Crippen molar-refractivity contribution in [2.75, 3.05) is 0 Å². The van der Waals surface area contributed by atoms with Crippen molar-refractivity contribution in [3.05, 3.63) is 83.4 Å². The van der Waals surface area contributed by atoms with Crippen molar-refractivity contribution in [3.8, 4) is 17.1 Å². The molecule has 0 aliphatic rings. The molecule has 2 N–H and O–H groups in total. The Morgan fingerprint density at radius 3 is 2.35 bits per heavy atom. The van der Waals surface area contributed by atoms with E-state index >= 15 is 0 Å². The third-order valence-corrected chi connectivity index (χ3v) is 4.56. The highest BCUT2D eigenvalue weighted by atomic mass is 19.4. The Hall–Kier alpha value is -4.14. The maximum absolute atomic E-state index is 13.2. The highest BCUT2D eigenvalue weighted by Crippen LogP contribution is 2.33. The summed E-state index contributed by atoms with van der Waals surface area (Å²) >= 11 is 0. The summed E-state index contributed by atoms with van der Waals surface area (Å²) in [6.45, 7) is 0. The first kappa shape index (κ1) is 20.1. The number of nitrogens with one attached hydrogen (secondary N) is 1. The molecule has 3 aromatic carbocycles. The lowest BCUT2D eigenvalue weighted by Crippen LogP contribution is -2.13. The summed E-state index contributed by atoms with van der Waals surface area (Å²) in [5.41, 5.74) is 0.393. The monoisotopic (exact) mass is 426 g/mol. The van der Waals surface area contributed by atoms with Crippen molar-refractivity contribution in [1.82, 2.24) is 9.97 Å². The van der Waals surface area contributed by atoms with Gasteiger partial charge in [-0.25, -0.2) is 9.78 Å². The third kappa shape index (κ3) is 4.11. The van der Waals surface area contributed by atoms with Crippen LogP contribution in [0.2, 0.25) is 0 Å². The molecule has 4 rings (SSSR count). The van der Waals surface area contributed by atoms with Crippen LogP contribution in [0.1, 0.15) is 21.5 Å². The van der Waals surface area contributed by atoms with E-state index in [-0.39, 0.29) is 11.3 Å². The van der Waals surface area contributed by atoms with Gasteiger partial charge >= 0.3 is 12.3 Å². The zero-order chi connectivity index (χ0) is 22.2. The second-order valence-electron chi connectivity index (χ2n) is 6.58. The first-order valence-corrected chi connectivity index (χ1v) is 8.94. The van der Waals surface area contributed by atoms with Gasteiger partial charge in [0.05, 0.1) is 16.6 Å². The number of H-pyrrole nitrogens is 1. The molecule has 0 aliphatic heterocycles. The highest BCUT2D eigenvalue weighted by molar-refractivity contribution is 6.10. The summed E-state index contributed by atoms with van der Waals surface area (Å²) in [5.74, 6) is -0.181. The Kier molecular flexibility index (Phi) is 4.94. The van der Waals surface area contributed by atoms with Gasteiger partial charge in [-0.05, 0) is 18.2 Å². The number of rotatable bonds is 4. The van der Waals surface area contributed by atoms with Gasteiger partial charge in [0, 0.05) is 22.8 Å². The fourth-order valence-electron chi connectivity index (χ4n) is 3.15. The smallest absolute Gasteiger partial charge is 0.449 e. The number of hydrogen-bond acceptors (Lipinski definition) is 4. The number of halogens is 3. The topological polar surface area (TPSA) is 92.3 Å². The van der Waals surface area contributed by atoms with E-state index in [1.54, 1.807) is 18.2 Å². The molecule has 0 aliphatic carbocycles. The lowest BCUT2D eigenvalue weighted by Gasteiger charge is -2.11. The number of benzene rings is 3. The molecule has 0 radical (unpaired) electrons. The molecule has 0 unspecified atom stereocenters. The summed E-state index contributed by atoms with van der Waals surface area (Å²) in [4.78, 5) is 30.7. The number of ether oxygens (including phenoxy) is 1. The van der Waals surface area contributed by atoms with Crippen LogP contribution in [-0.4, -0.2) is 27.0 Å². The summed E-state index contributed by atoms with van der Waals surface area (Å²) in [6, 6.07) is 15.2. The summed E-state index contributed by atoms with van der Waals surface area (Å²) in [5, 5.41) is 8.70. The number of alkyl halides is 3. The standard InChI is InChI=1S/C22H13F3N2O4/c23-22(24,25)16-4-2-1-3-15(16)19(28)12-5-7-13(8-6-12)20-26-17-10-9-14(31-21(29)30)11-18(17)27-20/h1-11H,(H,26,27)(H,29,30). The van der Waals surface area contributed by atoms with E-state index in [4.69, 9.17) is 5.11 Å². The number of fused-ring (bicyclic) bond motifs is 1. The maximum atomic E-state index is 13.2. The van der Waals surface area contributed by atoms with E-state index in [9.17, 15) is 22.8 Å². The Morgan fingerprint density at radius 1 is 0.968 bits per heavy atom. The zero-order valence-corrected chi connectivity index (χ0v) is 15.6. The Labute approximate surface area is 172 Å². The Morgan fingerprint density at radius 2 is 1.68 bits per heavy atom. The molecule has 31 heavy (non-hydrogen) atoms. The summed E-state index contributed by atoms with van der Waals surface area (Å²) in [6.07, 6.45) is -6.08. The molecule has 9 heteroatoms. The molecule has 0 bridgehead atoms. The molecule has 0 fully saturated rings. The van der Waals surface area contributed by atoms with Crippen molar-refractivity contribution in [2.45, 2.75) is 6.18 Å². The van der Waals surface area contributed by atoms with Crippen molar-refractivity contribution >= 4 is 23.0 Å². The highest BCUT2D eigenvalue weighted by Gasteiger charge is 2.34. The maximum Gasteiger partial charge on any atom is 0.511 e. The molecule has 6 nitrogen and oxygen atoms in total. The molecule has 0 saturated heterocycles. The number of aromatic amines is 1. The molecule has 1 heterocycles. The van der Waals surface area contributed by atoms with Crippen LogP contribution in [0, 0.1) is 0 Å². The number of carbonyl (C=O) groups excluding carboxylic acids is 1. The third-order valence-electron chi connectivity index (χ3n) is 4.56. The van der Waals surface area contributed by atoms with Gasteiger partial charge in [0.25, 0.3) is 0 Å². The first-order valence-electron chi connectivity index (χ1n) is 8.94. The van der Waals surface area contributed by atoms with Crippen LogP contribution in [-0.2, 0) is 6.18 Å². The fraction of sp³-hybridized carbons (Fsp3) is 0.0455. The molecule has 0 amide bonds. The number of carboxylic acid groups (broad SMARTS) is 1. The van der Waals surface area contributed by atoms with Crippen LogP contribution in [0.5, 0.6) is 5.75 Å². The molecular weight excluding hydrogens is 413 g/mol. The molecule has 1 aromatic heterocycles. The van der Waals surface area contributed by atoms with E-state index in [1.165, 1.54) is 36.4 Å². The van der Waals surface area contributed by atoms with Gasteiger partial charge in [0.2, 0.25) is 0 Å². The van der Waals surface area contributed by atoms with Crippen molar-refractivity contribution < 1.29 is 32.6 Å². The molecule has 0 atom stereocenters. The zero-order valence-electron chi connectivity index (χ0n) is 15.6. The van der Waals surface area contributed by atoms with E-state index < -0.39 is 29.2 Å². The van der Waals surface area contributed by atoms with Crippen LogP contribution in [0.15, 0.2) is 66.7 Å². The predicted molar refractivity (Wildman–Crippen MR) is 105 cm³/mol. The van der Waals surface area contributed by atoms with Crippen molar-refractivity contribution in [2.24, 2.45) is 0 Å². The summed E-state index contributed by atoms with van der Waals surface area (Å²) < 4.78 is 44.2. The second kappa shape index (κ2) is 7.60. The predicted octanol–water partition coefficient (Wildman–Crippen LogP) is 5.54. The van der Waals surface area contributed by atoms with Crippen LogP contribution < -0.4 is 4.74 Å². The van der Waals surface area contributed by atoms with Gasteiger partial charge < -0.3 is 14.8 Å². The molecular formula is C22H13F3N2O4. The van der Waals surface area contributed by atoms with Gasteiger partial charge in [0.1, 0.15) is 11.6 Å². The van der Waals surface area contributed by atoms with Crippen LogP contribution in [0.3, 0.4) is 0 Å². The number of nitrogens with zero attached hydrogens (tertiary/aromatic N) is 1. The van der Waals surface area contributed by atoms with Crippen molar-refractivity contribution in [1.29, 1.82) is 0 Å². The fourth-order valence-corrected chi connectivity index (χ4v) is 3.15. The first-order chi connectivity index (χ1) is 14.7. The van der Waals surface area contributed by atoms with Gasteiger partial charge in [-0.15, -0.1) is 0 Å². The SMILES string of the molecule is O=C(O)Oc1ccc2[nH]c(-c3ccc(C(=O)c4ccccc4C(F)(F)F)cc3)nc2c1. The lowest BCUT2D eigenvalue weighted by molar-refractivity contribution is -0.137. The van der Waals surface area contributed by atoms with E-state index in [0.717, 1.165) is 12.1 Å². The number of imidazole rings is 1. The quantitative estimate of drug-likeness (QED) is 0.254. The largest absolute Gasteiger partial charge is 0.511 e. The average Bonchev–Trinajstić information content (AvgIpc) is 3.16. The lowest BCUT2D eigenvalue weighted by atomic mass is 9.97. The average molecular weight is 426 g/mol. The number of aromatic nitrogens is 2. The van der Waals surface area contributed by atoms with Crippen LogP contribution in [0.25, 0.3) is 22.4 Å². The van der Waals surface area contributed by atoms with Gasteiger partial charge in [-0.3, -0.25) is 4.79 Å². The van der Waals surface area contributed by atoms with Gasteiger partial charge in [0.15, 0.2) is 5.78 Å². The number of ketones is 1.